The standard InChI is InChI=1S/C8H9F2NO3/c9-7(10)4-11-3-5-1-2-6(14-5)8(12)13/h1-2,7,11H,3-4H2,(H,12,13). The van der Waals surface area contributed by atoms with Gasteiger partial charge in [-0.25, -0.2) is 13.6 Å². The second kappa shape index (κ2) is 4.71. The van der Waals surface area contributed by atoms with E-state index in [1.807, 2.05) is 0 Å². The molecule has 0 unspecified atom stereocenters. The zero-order valence-electron chi connectivity index (χ0n) is 7.17. The number of halogens is 2. The van der Waals surface area contributed by atoms with E-state index in [0.717, 1.165) is 0 Å². The van der Waals surface area contributed by atoms with Crippen LogP contribution in [-0.4, -0.2) is 24.0 Å². The van der Waals surface area contributed by atoms with Crippen LogP contribution in [0.4, 0.5) is 8.78 Å². The minimum Gasteiger partial charge on any atom is -0.475 e. The van der Waals surface area contributed by atoms with E-state index in [2.05, 4.69) is 5.32 Å². The summed E-state index contributed by atoms with van der Waals surface area (Å²) in [6.45, 7) is -0.347. The summed E-state index contributed by atoms with van der Waals surface area (Å²) < 4.78 is 28.2. The summed E-state index contributed by atoms with van der Waals surface area (Å²) in [5, 5.41) is 10.9. The topological polar surface area (TPSA) is 62.5 Å². The fraction of sp³-hybridized carbons (Fsp3) is 0.375. The average molecular weight is 205 g/mol. The summed E-state index contributed by atoms with van der Waals surface area (Å²) in [6, 6.07) is 2.71. The van der Waals surface area contributed by atoms with E-state index in [1.54, 1.807) is 0 Å². The molecule has 6 heteroatoms. The Morgan fingerprint density at radius 2 is 2.29 bits per heavy atom. The second-order valence-electron chi connectivity index (χ2n) is 2.59. The molecule has 0 radical (unpaired) electrons. The molecule has 0 bridgehead atoms. The van der Waals surface area contributed by atoms with Gasteiger partial charge in [0.2, 0.25) is 5.76 Å². The number of carboxylic acids is 1. The SMILES string of the molecule is O=C(O)c1ccc(CNCC(F)F)o1. The third-order valence-corrected chi connectivity index (χ3v) is 1.47. The van der Waals surface area contributed by atoms with Crippen LogP contribution in [0.2, 0.25) is 0 Å². The number of alkyl halides is 2. The summed E-state index contributed by atoms with van der Waals surface area (Å²) >= 11 is 0. The molecule has 0 fully saturated rings. The van der Waals surface area contributed by atoms with Gasteiger partial charge < -0.3 is 14.8 Å². The summed E-state index contributed by atoms with van der Waals surface area (Å²) in [5.74, 6) is -1.05. The molecule has 1 aromatic rings. The van der Waals surface area contributed by atoms with Crippen molar-refractivity contribution in [3.8, 4) is 0 Å². The summed E-state index contributed by atoms with van der Waals surface area (Å²) in [4.78, 5) is 10.4. The number of aromatic carboxylic acids is 1. The Kier molecular flexibility index (Phi) is 3.58. The molecule has 2 N–H and O–H groups in total. The Morgan fingerprint density at radius 1 is 1.57 bits per heavy atom. The van der Waals surface area contributed by atoms with Gasteiger partial charge in [0, 0.05) is 0 Å². The molecule has 0 aromatic carbocycles. The average Bonchev–Trinajstić information content (AvgIpc) is 2.52. The van der Waals surface area contributed by atoms with E-state index in [4.69, 9.17) is 9.52 Å². The lowest BCUT2D eigenvalue weighted by Crippen LogP contribution is -2.20. The fourth-order valence-corrected chi connectivity index (χ4v) is 0.892. The Bertz CT molecular complexity index is 311. The van der Waals surface area contributed by atoms with E-state index in [1.165, 1.54) is 12.1 Å². The molecule has 0 saturated carbocycles. The van der Waals surface area contributed by atoms with E-state index in [-0.39, 0.29) is 12.3 Å². The lowest BCUT2D eigenvalue weighted by molar-refractivity contribution is 0.0659. The summed E-state index contributed by atoms with van der Waals surface area (Å²) in [5.41, 5.74) is 0. The van der Waals surface area contributed by atoms with E-state index < -0.39 is 18.9 Å². The highest BCUT2D eigenvalue weighted by Crippen LogP contribution is 2.07. The predicted molar refractivity (Wildman–Crippen MR) is 43.4 cm³/mol. The monoisotopic (exact) mass is 205 g/mol. The number of carboxylic acid groups (broad SMARTS) is 1. The Balaban J connectivity index is 2.40. The van der Waals surface area contributed by atoms with Gasteiger partial charge in [-0.15, -0.1) is 0 Å². The van der Waals surface area contributed by atoms with Crippen molar-refractivity contribution >= 4 is 5.97 Å². The molecule has 0 atom stereocenters. The molecule has 0 aliphatic carbocycles. The summed E-state index contributed by atoms with van der Waals surface area (Å²) in [7, 11) is 0. The molecule has 0 amide bonds. The third-order valence-electron chi connectivity index (χ3n) is 1.47. The van der Waals surface area contributed by atoms with Crippen LogP contribution in [0.1, 0.15) is 16.3 Å². The predicted octanol–water partition coefficient (Wildman–Crippen LogP) is 1.33. The van der Waals surface area contributed by atoms with Crippen LogP contribution >= 0.6 is 0 Å². The third kappa shape index (κ3) is 3.14. The van der Waals surface area contributed by atoms with Gasteiger partial charge in [-0.05, 0) is 12.1 Å². The number of hydrogen-bond acceptors (Lipinski definition) is 3. The van der Waals surface area contributed by atoms with E-state index in [0.29, 0.717) is 5.76 Å². The van der Waals surface area contributed by atoms with Crippen molar-refractivity contribution in [2.24, 2.45) is 0 Å². The highest BCUT2D eigenvalue weighted by atomic mass is 19.3. The number of hydrogen-bond donors (Lipinski definition) is 2. The first-order valence-electron chi connectivity index (χ1n) is 3.90. The van der Waals surface area contributed by atoms with Crippen LogP contribution in [0.3, 0.4) is 0 Å². The van der Waals surface area contributed by atoms with Crippen molar-refractivity contribution in [1.82, 2.24) is 5.32 Å². The van der Waals surface area contributed by atoms with Gasteiger partial charge in [-0.1, -0.05) is 0 Å². The maximum Gasteiger partial charge on any atom is 0.371 e. The van der Waals surface area contributed by atoms with E-state index in [9.17, 15) is 13.6 Å². The summed E-state index contributed by atoms with van der Waals surface area (Å²) in [6.07, 6.45) is -2.43. The molecular formula is C8H9F2NO3. The highest BCUT2D eigenvalue weighted by molar-refractivity contribution is 5.84. The van der Waals surface area contributed by atoms with Crippen LogP contribution in [0.25, 0.3) is 0 Å². The zero-order chi connectivity index (χ0) is 10.6. The van der Waals surface area contributed by atoms with Crippen molar-refractivity contribution < 1.29 is 23.1 Å². The zero-order valence-corrected chi connectivity index (χ0v) is 7.17. The normalized spacial score (nSPS) is 10.8. The first-order chi connectivity index (χ1) is 6.59. The van der Waals surface area contributed by atoms with Crippen molar-refractivity contribution in [2.45, 2.75) is 13.0 Å². The number of carbonyl (C=O) groups is 1. The van der Waals surface area contributed by atoms with Crippen molar-refractivity contribution in [3.63, 3.8) is 0 Å². The Labute approximate surface area is 78.5 Å². The number of furan rings is 1. The molecule has 78 valence electrons. The Hall–Kier alpha value is -1.43. The van der Waals surface area contributed by atoms with Crippen LogP contribution in [0.5, 0.6) is 0 Å². The molecule has 0 spiro atoms. The smallest absolute Gasteiger partial charge is 0.371 e. The molecular weight excluding hydrogens is 196 g/mol. The molecule has 1 aromatic heterocycles. The van der Waals surface area contributed by atoms with Crippen molar-refractivity contribution in [1.29, 1.82) is 0 Å². The molecule has 0 aliphatic rings. The van der Waals surface area contributed by atoms with Gasteiger partial charge >= 0.3 is 5.97 Å². The van der Waals surface area contributed by atoms with Crippen molar-refractivity contribution in [2.75, 3.05) is 6.54 Å². The molecule has 4 nitrogen and oxygen atoms in total. The molecule has 0 saturated heterocycles. The van der Waals surface area contributed by atoms with Gasteiger partial charge in [0.15, 0.2) is 0 Å². The number of rotatable bonds is 5. The van der Waals surface area contributed by atoms with Gasteiger partial charge in [-0.3, -0.25) is 0 Å². The van der Waals surface area contributed by atoms with E-state index >= 15 is 0 Å². The molecule has 1 rings (SSSR count). The lowest BCUT2D eigenvalue weighted by atomic mass is 10.4. The largest absolute Gasteiger partial charge is 0.475 e. The van der Waals surface area contributed by atoms with Crippen LogP contribution < -0.4 is 5.32 Å². The van der Waals surface area contributed by atoms with Crippen LogP contribution in [0, 0.1) is 0 Å². The van der Waals surface area contributed by atoms with Gasteiger partial charge in [-0.2, -0.15) is 0 Å². The van der Waals surface area contributed by atoms with Crippen LogP contribution in [-0.2, 0) is 6.54 Å². The number of nitrogens with one attached hydrogen (secondary N) is 1. The minimum atomic E-state index is -2.43. The maximum atomic E-state index is 11.7. The van der Waals surface area contributed by atoms with Gasteiger partial charge in [0.25, 0.3) is 6.43 Å². The molecule has 0 aliphatic heterocycles. The maximum absolute atomic E-state index is 11.7. The first-order valence-corrected chi connectivity index (χ1v) is 3.90. The quantitative estimate of drug-likeness (QED) is 0.761. The molecule has 1 heterocycles. The first kappa shape index (κ1) is 10.6. The minimum absolute atomic E-state index is 0.0949. The lowest BCUT2D eigenvalue weighted by Gasteiger charge is -2.00. The second-order valence-corrected chi connectivity index (χ2v) is 2.59. The molecule has 14 heavy (non-hydrogen) atoms. The van der Waals surface area contributed by atoms with Gasteiger partial charge in [0.1, 0.15) is 5.76 Å². The Morgan fingerprint density at radius 3 is 2.79 bits per heavy atom. The van der Waals surface area contributed by atoms with Gasteiger partial charge in [0.05, 0.1) is 13.1 Å². The van der Waals surface area contributed by atoms with Crippen molar-refractivity contribution in [3.05, 3.63) is 23.7 Å². The highest BCUT2D eigenvalue weighted by Gasteiger charge is 2.09. The van der Waals surface area contributed by atoms with Crippen LogP contribution in [0.15, 0.2) is 16.5 Å². The fourth-order valence-electron chi connectivity index (χ4n) is 0.892.